The number of fused-ring (bicyclic) bond motifs is 1. The van der Waals surface area contributed by atoms with Gasteiger partial charge in [0.25, 0.3) is 0 Å². The lowest BCUT2D eigenvalue weighted by Crippen LogP contribution is -2.35. The van der Waals surface area contributed by atoms with Gasteiger partial charge < -0.3 is 5.32 Å². The first kappa shape index (κ1) is 15.2. The zero-order valence-corrected chi connectivity index (χ0v) is 14.4. The van der Waals surface area contributed by atoms with Gasteiger partial charge >= 0.3 is 0 Å². The van der Waals surface area contributed by atoms with Gasteiger partial charge in [-0.05, 0) is 24.7 Å². The minimum Gasteiger partial charge on any atom is -0.312 e. The van der Waals surface area contributed by atoms with Crippen molar-refractivity contribution in [2.24, 2.45) is 0 Å². The molecule has 1 aromatic heterocycles. The number of benzene rings is 1. The van der Waals surface area contributed by atoms with Gasteiger partial charge in [-0.2, -0.15) is 23.5 Å². The molecule has 2 nitrogen and oxygen atoms in total. The van der Waals surface area contributed by atoms with Crippen molar-refractivity contribution < 1.29 is 0 Å². The van der Waals surface area contributed by atoms with Crippen LogP contribution in [0, 0.1) is 0 Å². The van der Waals surface area contributed by atoms with Crippen LogP contribution in [-0.4, -0.2) is 33.5 Å². The Morgan fingerprint density at radius 1 is 1.24 bits per heavy atom. The van der Waals surface area contributed by atoms with Crippen LogP contribution >= 0.6 is 23.5 Å². The van der Waals surface area contributed by atoms with Gasteiger partial charge in [0, 0.05) is 39.1 Å². The standard InChI is InChI=1S/C17H22N2S2/c1-11-12(2)21-16(10-20-11)17(18-3)14-7-6-13-5-4-8-19-15(13)9-14/h4-9,11-12,16-18H,10H2,1-3H3. The molecule has 0 saturated carbocycles. The summed E-state index contributed by atoms with van der Waals surface area (Å²) in [5.41, 5.74) is 2.44. The number of pyridine rings is 1. The Morgan fingerprint density at radius 2 is 2.10 bits per heavy atom. The van der Waals surface area contributed by atoms with Crippen molar-refractivity contribution in [2.75, 3.05) is 12.8 Å². The first-order chi connectivity index (χ1) is 10.2. The van der Waals surface area contributed by atoms with Crippen LogP contribution in [-0.2, 0) is 0 Å². The lowest BCUT2D eigenvalue weighted by atomic mass is 10.0. The Bertz CT molecular complexity index is 617. The molecule has 3 rings (SSSR count). The highest BCUT2D eigenvalue weighted by atomic mass is 32.2. The van der Waals surface area contributed by atoms with Gasteiger partial charge in [-0.3, -0.25) is 4.98 Å². The van der Waals surface area contributed by atoms with E-state index in [9.17, 15) is 0 Å². The quantitative estimate of drug-likeness (QED) is 0.920. The van der Waals surface area contributed by atoms with Crippen molar-refractivity contribution in [1.29, 1.82) is 0 Å². The third-order valence-electron chi connectivity index (χ3n) is 4.25. The molecule has 0 spiro atoms. The zero-order chi connectivity index (χ0) is 14.8. The number of thioether (sulfide) groups is 2. The van der Waals surface area contributed by atoms with E-state index < -0.39 is 0 Å². The summed E-state index contributed by atoms with van der Waals surface area (Å²) in [6.07, 6.45) is 1.87. The molecule has 2 heterocycles. The molecular weight excluding hydrogens is 296 g/mol. The summed E-state index contributed by atoms with van der Waals surface area (Å²) in [6.45, 7) is 4.69. The maximum atomic E-state index is 4.49. The van der Waals surface area contributed by atoms with Crippen LogP contribution in [0.1, 0.15) is 25.5 Å². The molecule has 2 aromatic rings. The zero-order valence-electron chi connectivity index (χ0n) is 12.7. The van der Waals surface area contributed by atoms with Crippen LogP contribution in [0.3, 0.4) is 0 Å². The molecule has 112 valence electrons. The molecule has 0 aliphatic carbocycles. The van der Waals surface area contributed by atoms with E-state index in [4.69, 9.17) is 0 Å². The van der Waals surface area contributed by atoms with Crippen molar-refractivity contribution in [1.82, 2.24) is 10.3 Å². The van der Waals surface area contributed by atoms with Gasteiger partial charge in [-0.25, -0.2) is 0 Å². The Morgan fingerprint density at radius 3 is 2.86 bits per heavy atom. The molecule has 0 radical (unpaired) electrons. The minimum absolute atomic E-state index is 0.392. The van der Waals surface area contributed by atoms with Crippen LogP contribution in [0.4, 0.5) is 0 Å². The van der Waals surface area contributed by atoms with Crippen LogP contribution < -0.4 is 5.32 Å². The Hall–Kier alpha value is -0.710. The summed E-state index contributed by atoms with van der Waals surface area (Å²) in [7, 11) is 2.07. The number of rotatable bonds is 3. The van der Waals surface area contributed by atoms with Crippen LogP contribution in [0.5, 0.6) is 0 Å². The Kier molecular flexibility index (Phi) is 4.77. The van der Waals surface area contributed by atoms with E-state index in [0.29, 0.717) is 16.5 Å². The van der Waals surface area contributed by atoms with Gasteiger partial charge in [0.05, 0.1) is 5.52 Å². The van der Waals surface area contributed by atoms with Crippen molar-refractivity contribution in [3.63, 3.8) is 0 Å². The largest absolute Gasteiger partial charge is 0.312 e. The summed E-state index contributed by atoms with van der Waals surface area (Å²) in [5, 5.41) is 6.82. The van der Waals surface area contributed by atoms with Gasteiger partial charge in [-0.1, -0.05) is 32.0 Å². The number of aromatic nitrogens is 1. The molecular formula is C17H22N2S2. The van der Waals surface area contributed by atoms with Crippen molar-refractivity contribution in [3.05, 3.63) is 42.1 Å². The number of nitrogens with zero attached hydrogens (tertiary/aromatic N) is 1. The van der Waals surface area contributed by atoms with E-state index in [1.165, 1.54) is 16.7 Å². The van der Waals surface area contributed by atoms with E-state index in [0.717, 1.165) is 10.8 Å². The third-order valence-corrected chi connectivity index (χ3v) is 7.74. The maximum Gasteiger partial charge on any atom is 0.0705 e. The molecule has 4 heteroatoms. The highest BCUT2D eigenvalue weighted by Gasteiger charge is 2.31. The predicted molar refractivity (Wildman–Crippen MR) is 96.3 cm³/mol. The monoisotopic (exact) mass is 318 g/mol. The number of hydrogen-bond donors (Lipinski definition) is 1. The summed E-state index contributed by atoms with van der Waals surface area (Å²) in [5.74, 6) is 1.21. The second-order valence-electron chi connectivity index (χ2n) is 5.64. The first-order valence-corrected chi connectivity index (χ1v) is 9.47. The van der Waals surface area contributed by atoms with E-state index in [1.54, 1.807) is 0 Å². The van der Waals surface area contributed by atoms with Crippen molar-refractivity contribution in [2.45, 2.75) is 35.6 Å². The molecule has 1 N–H and O–H groups in total. The fourth-order valence-corrected chi connectivity index (χ4v) is 5.98. The Labute approximate surface area is 135 Å². The fraction of sp³-hybridized carbons (Fsp3) is 0.471. The second kappa shape index (κ2) is 6.59. The number of hydrogen-bond acceptors (Lipinski definition) is 4. The average molecular weight is 319 g/mol. The summed E-state index contributed by atoms with van der Waals surface area (Å²) in [6, 6.07) is 11.2. The minimum atomic E-state index is 0.392. The third kappa shape index (κ3) is 3.22. The van der Waals surface area contributed by atoms with Gasteiger partial charge in [-0.15, -0.1) is 0 Å². The van der Waals surface area contributed by atoms with Gasteiger partial charge in [0.1, 0.15) is 0 Å². The molecule has 4 unspecified atom stereocenters. The fourth-order valence-electron chi connectivity index (χ4n) is 2.83. The van der Waals surface area contributed by atoms with E-state index in [-0.39, 0.29) is 0 Å². The summed E-state index contributed by atoms with van der Waals surface area (Å²) < 4.78 is 0. The number of nitrogens with one attached hydrogen (secondary N) is 1. The lowest BCUT2D eigenvalue weighted by Gasteiger charge is -2.36. The molecule has 1 fully saturated rings. The van der Waals surface area contributed by atoms with E-state index in [1.807, 2.05) is 12.3 Å². The van der Waals surface area contributed by atoms with Gasteiger partial charge in [0.15, 0.2) is 0 Å². The lowest BCUT2D eigenvalue weighted by molar-refractivity contribution is 0.589. The topological polar surface area (TPSA) is 24.9 Å². The Balaban J connectivity index is 1.87. The van der Waals surface area contributed by atoms with Gasteiger partial charge in [0.2, 0.25) is 0 Å². The second-order valence-corrected chi connectivity index (χ2v) is 8.67. The van der Waals surface area contributed by atoms with Crippen LogP contribution in [0.25, 0.3) is 10.9 Å². The van der Waals surface area contributed by atoms with Crippen molar-refractivity contribution >= 4 is 34.4 Å². The molecule has 1 aliphatic heterocycles. The highest BCUT2D eigenvalue weighted by Crippen LogP contribution is 2.41. The summed E-state index contributed by atoms with van der Waals surface area (Å²) >= 11 is 4.22. The molecule has 1 saturated heterocycles. The smallest absolute Gasteiger partial charge is 0.0705 e. The van der Waals surface area contributed by atoms with Crippen LogP contribution in [0.2, 0.25) is 0 Å². The van der Waals surface area contributed by atoms with Crippen LogP contribution in [0.15, 0.2) is 36.5 Å². The highest BCUT2D eigenvalue weighted by molar-refractivity contribution is 8.07. The molecule has 4 atom stereocenters. The van der Waals surface area contributed by atoms with Crippen molar-refractivity contribution in [3.8, 4) is 0 Å². The normalized spacial score (nSPS) is 27.7. The maximum absolute atomic E-state index is 4.49. The molecule has 1 aliphatic rings. The average Bonchev–Trinajstić information content (AvgIpc) is 2.51. The molecule has 0 bridgehead atoms. The van der Waals surface area contributed by atoms with E-state index >= 15 is 0 Å². The SMILES string of the molecule is CNC(c1ccc2cccnc2c1)C1CSC(C)C(C)S1. The summed E-state index contributed by atoms with van der Waals surface area (Å²) in [4.78, 5) is 4.49. The molecule has 0 amide bonds. The molecule has 1 aromatic carbocycles. The first-order valence-electron chi connectivity index (χ1n) is 7.48. The predicted octanol–water partition coefficient (Wildman–Crippen LogP) is 4.12. The van der Waals surface area contributed by atoms with E-state index in [2.05, 4.69) is 79.0 Å². The molecule has 21 heavy (non-hydrogen) atoms.